The minimum absolute atomic E-state index is 0.0979. The summed E-state index contributed by atoms with van der Waals surface area (Å²) in [5.74, 6) is 0. The highest BCUT2D eigenvalue weighted by molar-refractivity contribution is 9.10. The maximum absolute atomic E-state index is 12.1. The molecule has 0 unspecified atom stereocenters. The van der Waals surface area contributed by atoms with Gasteiger partial charge in [-0.3, -0.25) is 0 Å². The van der Waals surface area contributed by atoms with E-state index in [4.69, 9.17) is 11.6 Å². The van der Waals surface area contributed by atoms with Crippen LogP contribution >= 0.6 is 27.5 Å². The lowest BCUT2D eigenvalue weighted by Gasteiger charge is -2.02. The number of nitrogens with zero attached hydrogens (tertiary/aromatic N) is 1. The molecule has 0 fully saturated rings. The zero-order valence-electron chi connectivity index (χ0n) is 11.6. The van der Waals surface area contributed by atoms with Gasteiger partial charge in [-0.15, -0.1) is 0 Å². The van der Waals surface area contributed by atoms with Crippen molar-refractivity contribution in [2.45, 2.75) is 4.90 Å². The molecule has 0 atom stereocenters. The summed E-state index contributed by atoms with van der Waals surface area (Å²) in [6.45, 7) is 0. The lowest BCUT2D eigenvalue weighted by Crippen LogP contribution is -2.18. The molecule has 0 amide bonds. The minimum atomic E-state index is -3.72. The zero-order valence-corrected chi connectivity index (χ0v) is 14.8. The zero-order chi connectivity index (χ0) is 16.4. The SMILES string of the molecule is O=S(=O)(N/N=C/c1c[nH]c2ccc(Br)cc12)c1ccc(Cl)cc1. The second kappa shape index (κ2) is 6.35. The van der Waals surface area contributed by atoms with Crippen LogP contribution < -0.4 is 4.83 Å². The maximum Gasteiger partial charge on any atom is 0.276 e. The normalized spacial score (nSPS) is 12.1. The number of sulfonamides is 1. The Morgan fingerprint density at radius 3 is 2.65 bits per heavy atom. The van der Waals surface area contributed by atoms with Crippen LogP contribution in [-0.2, 0) is 10.0 Å². The molecule has 0 bridgehead atoms. The summed E-state index contributed by atoms with van der Waals surface area (Å²) in [4.78, 5) is 5.38. The Hall–Kier alpha value is -1.83. The number of benzene rings is 2. The molecule has 3 rings (SSSR count). The Morgan fingerprint density at radius 1 is 1.17 bits per heavy atom. The minimum Gasteiger partial charge on any atom is -0.361 e. The number of fused-ring (bicyclic) bond motifs is 1. The van der Waals surface area contributed by atoms with Gasteiger partial charge in [-0.2, -0.15) is 13.5 Å². The lowest BCUT2D eigenvalue weighted by molar-refractivity contribution is 0.584. The molecule has 0 radical (unpaired) electrons. The van der Waals surface area contributed by atoms with Crippen LogP contribution in [0, 0.1) is 0 Å². The molecule has 0 spiro atoms. The first-order valence-electron chi connectivity index (χ1n) is 6.53. The standard InChI is InChI=1S/C15H11BrClN3O2S/c16-11-1-6-15-14(7-11)10(8-18-15)9-19-20-23(21,22)13-4-2-12(17)3-5-13/h1-9,18,20H/b19-9+. The van der Waals surface area contributed by atoms with E-state index in [1.165, 1.54) is 30.5 Å². The molecule has 5 nitrogen and oxygen atoms in total. The van der Waals surface area contributed by atoms with Gasteiger partial charge in [0.25, 0.3) is 10.0 Å². The van der Waals surface area contributed by atoms with Gasteiger partial charge < -0.3 is 4.98 Å². The van der Waals surface area contributed by atoms with Gasteiger partial charge in [0, 0.05) is 32.2 Å². The molecule has 3 aromatic rings. The van der Waals surface area contributed by atoms with E-state index in [9.17, 15) is 8.42 Å². The van der Waals surface area contributed by atoms with Crippen molar-refractivity contribution in [3.8, 4) is 0 Å². The number of aromatic nitrogens is 1. The molecule has 2 N–H and O–H groups in total. The van der Waals surface area contributed by atoms with E-state index < -0.39 is 10.0 Å². The van der Waals surface area contributed by atoms with Crippen LogP contribution in [0.15, 0.2) is 63.1 Å². The van der Waals surface area contributed by atoms with Crippen molar-refractivity contribution in [3.63, 3.8) is 0 Å². The molecule has 1 aromatic heterocycles. The number of halogens is 2. The van der Waals surface area contributed by atoms with Crippen molar-refractivity contribution in [3.05, 3.63) is 63.7 Å². The van der Waals surface area contributed by atoms with Gasteiger partial charge in [0.2, 0.25) is 0 Å². The van der Waals surface area contributed by atoms with Crippen LogP contribution in [0.4, 0.5) is 0 Å². The first kappa shape index (κ1) is 16.0. The van der Waals surface area contributed by atoms with Crippen molar-refractivity contribution in [1.29, 1.82) is 0 Å². The molecular weight excluding hydrogens is 402 g/mol. The average Bonchev–Trinajstić information content (AvgIpc) is 2.90. The lowest BCUT2D eigenvalue weighted by atomic mass is 10.2. The van der Waals surface area contributed by atoms with Crippen LogP contribution in [-0.4, -0.2) is 19.6 Å². The second-order valence-electron chi connectivity index (χ2n) is 4.74. The summed E-state index contributed by atoms with van der Waals surface area (Å²) in [7, 11) is -3.72. The highest BCUT2D eigenvalue weighted by Gasteiger charge is 2.12. The van der Waals surface area contributed by atoms with Crippen LogP contribution in [0.1, 0.15) is 5.56 Å². The van der Waals surface area contributed by atoms with E-state index >= 15 is 0 Å². The largest absolute Gasteiger partial charge is 0.361 e. The molecule has 0 aliphatic heterocycles. The fraction of sp³-hybridized carbons (Fsp3) is 0. The Labute approximate surface area is 146 Å². The maximum atomic E-state index is 12.1. The Balaban J connectivity index is 1.82. The van der Waals surface area contributed by atoms with Gasteiger partial charge in [-0.25, -0.2) is 4.83 Å². The highest BCUT2D eigenvalue weighted by atomic mass is 79.9. The predicted octanol–water partition coefficient (Wildman–Crippen LogP) is 3.90. The van der Waals surface area contributed by atoms with Crippen molar-refractivity contribution in [2.75, 3.05) is 0 Å². The third kappa shape index (κ3) is 3.57. The Kier molecular flexibility index (Phi) is 4.43. The quantitative estimate of drug-likeness (QED) is 0.504. The van der Waals surface area contributed by atoms with Crippen LogP contribution in [0.25, 0.3) is 10.9 Å². The summed E-state index contributed by atoms with van der Waals surface area (Å²) >= 11 is 9.16. The molecule has 2 aromatic carbocycles. The van der Waals surface area contributed by atoms with E-state index in [1.807, 2.05) is 18.2 Å². The summed E-state index contributed by atoms with van der Waals surface area (Å²) in [5.41, 5.74) is 1.72. The van der Waals surface area contributed by atoms with Crippen molar-refractivity contribution >= 4 is 54.7 Å². The number of rotatable bonds is 4. The molecule has 0 saturated carbocycles. The molecule has 0 aliphatic carbocycles. The highest BCUT2D eigenvalue weighted by Crippen LogP contribution is 2.21. The average molecular weight is 413 g/mol. The fourth-order valence-corrected chi connectivity index (χ4v) is 3.33. The van der Waals surface area contributed by atoms with E-state index in [1.54, 1.807) is 6.20 Å². The molecule has 0 aliphatic rings. The van der Waals surface area contributed by atoms with Gasteiger partial charge in [0.15, 0.2) is 0 Å². The summed E-state index contributed by atoms with van der Waals surface area (Å²) in [6, 6.07) is 11.6. The topological polar surface area (TPSA) is 74.3 Å². The molecular formula is C15H11BrClN3O2S. The fourth-order valence-electron chi connectivity index (χ4n) is 2.05. The van der Waals surface area contributed by atoms with Crippen molar-refractivity contribution in [1.82, 2.24) is 9.82 Å². The summed E-state index contributed by atoms with van der Waals surface area (Å²) < 4.78 is 25.1. The van der Waals surface area contributed by atoms with E-state index in [0.29, 0.717) is 5.02 Å². The van der Waals surface area contributed by atoms with Gasteiger partial charge in [-0.1, -0.05) is 27.5 Å². The number of hydrogen-bond donors (Lipinski definition) is 2. The van der Waals surface area contributed by atoms with Gasteiger partial charge in [0.1, 0.15) is 0 Å². The number of H-pyrrole nitrogens is 1. The molecule has 23 heavy (non-hydrogen) atoms. The summed E-state index contributed by atoms with van der Waals surface area (Å²) in [5, 5.41) is 5.24. The molecule has 1 heterocycles. The van der Waals surface area contributed by atoms with Gasteiger partial charge in [0.05, 0.1) is 11.1 Å². The predicted molar refractivity (Wildman–Crippen MR) is 95.4 cm³/mol. The van der Waals surface area contributed by atoms with Crippen LogP contribution in [0.2, 0.25) is 5.02 Å². The Morgan fingerprint density at radius 2 is 1.91 bits per heavy atom. The number of hydrogen-bond acceptors (Lipinski definition) is 3. The van der Waals surface area contributed by atoms with Gasteiger partial charge >= 0.3 is 0 Å². The van der Waals surface area contributed by atoms with Gasteiger partial charge in [-0.05, 0) is 42.5 Å². The number of hydrazone groups is 1. The van der Waals surface area contributed by atoms with Crippen LogP contribution in [0.3, 0.4) is 0 Å². The monoisotopic (exact) mass is 411 g/mol. The van der Waals surface area contributed by atoms with Crippen molar-refractivity contribution < 1.29 is 8.42 Å². The third-order valence-corrected chi connectivity index (χ3v) is 5.16. The number of aromatic amines is 1. The Bertz CT molecular complexity index is 982. The molecule has 8 heteroatoms. The van der Waals surface area contributed by atoms with E-state index in [0.717, 1.165) is 20.9 Å². The van der Waals surface area contributed by atoms with E-state index in [2.05, 4.69) is 30.8 Å². The van der Waals surface area contributed by atoms with Crippen LogP contribution in [0.5, 0.6) is 0 Å². The summed E-state index contributed by atoms with van der Waals surface area (Å²) in [6.07, 6.45) is 3.22. The molecule has 118 valence electrons. The van der Waals surface area contributed by atoms with Crippen molar-refractivity contribution in [2.24, 2.45) is 5.10 Å². The first-order valence-corrected chi connectivity index (χ1v) is 9.18. The third-order valence-electron chi connectivity index (χ3n) is 3.18. The second-order valence-corrected chi connectivity index (χ2v) is 7.75. The molecule has 0 saturated heterocycles. The first-order chi connectivity index (χ1) is 11.0. The van der Waals surface area contributed by atoms with E-state index in [-0.39, 0.29) is 4.90 Å². The number of nitrogens with one attached hydrogen (secondary N) is 2. The smallest absolute Gasteiger partial charge is 0.276 e.